The molecule has 2 amide bonds. The van der Waals surface area contributed by atoms with E-state index < -0.39 is 5.97 Å². The number of carbonyl (C=O) groups is 3. The third kappa shape index (κ3) is 4.03. The lowest BCUT2D eigenvalue weighted by Crippen LogP contribution is -2.45. The van der Waals surface area contributed by atoms with E-state index >= 15 is 0 Å². The number of hydrogen-bond donors (Lipinski definition) is 2. The van der Waals surface area contributed by atoms with E-state index in [1.807, 2.05) is 6.92 Å². The Hall–Kier alpha value is -2.31. The van der Waals surface area contributed by atoms with Crippen LogP contribution >= 0.6 is 0 Å². The van der Waals surface area contributed by atoms with Crippen LogP contribution in [-0.4, -0.2) is 54.4 Å². The number of nitrogens with zero attached hydrogens (tertiary/aromatic N) is 1. The van der Waals surface area contributed by atoms with Gasteiger partial charge in [-0.1, -0.05) is 6.92 Å². The molecule has 1 aliphatic rings. The predicted octanol–water partition coefficient (Wildman–Crippen LogP) is 1.80. The average Bonchev–Trinajstić information content (AvgIpc) is 2.92. The monoisotopic (exact) mass is 349 g/mol. The first-order chi connectivity index (χ1) is 11.9. The molecule has 138 valence electrons. The zero-order chi connectivity index (χ0) is 18.6. The summed E-state index contributed by atoms with van der Waals surface area (Å²) >= 11 is 0. The highest BCUT2D eigenvalue weighted by molar-refractivity contribution is 6.00. The summed E-state index contributed by atoms with van der Waals surface area (Å²) in [4.78, 5) is 41.7. The Morgan fingerprint density at radius 3 is 2.68 bits per heavy atom. The average molecular weight is 349 g/mol. The van der Waals surface area contributed by atoms with Crippen LogP contribution in [0.3, 0.4) is 0 Å². The molecular weight excluding hydrogens is 322 g/mol. The van der Waals surface area contributed by atoms with Gasteiger partial charge in [0.1, 0.15) is 5.69 Å². The summed E-state index contributed by atoms with van der Waals surface area (Å²) in [5.41, 5.74) is 2.00. The van der Waals surface area contributed by atoms with Gasteiger partial charge in [-0.2, -0.15) is 0 Å². The van der Waals surface area contributed by atoms with Crippen LogP contribution < -0.4 is 5.32 Å². The van der Waals surface area contributed by atoms with Crippen LogP contribution in [0.15, 0.2) is 0 Å². The van der Waals surface area contributed by atoms with Crippen molar-refractivity contribution in [3.8, 4) is 0 Å². The summed E-state index contributed by atoms with van der Waals surface area (Å²) in [5, 5.41) is 2.90. The number of likely N-dealkylation sites (tertiary alicyclic amines) is 1. The number of nitrogens with one attached hydrogen (secondary N) is 2. The van der Waals surface area contributed by atoms with Crippen molar-refractivity contribution in [1.82, 2.24) is 15.2 Å². The fourth-order valence-electron chi connectivity index (χ4n) is 3.30. The van der Waals surface area contributed by atoms with E-state index in [0.717, 1.165) is 19.3 Å². The van der Waals surface area contributed by atoms with Crippen LogP contribution in [0.1, 0.15) is 58.3 Å². The molecule has 2 rings (SSSR count). The van der Waals surface area contributed by atoms with Gasteiger partial charge in [0.15, 0.2) is 0 Å². The van der Waals surface area contributed by atoms with E-state index in [4.69, 9.17) is 4.74 Å². The second kappa shape index (κ2) is 8.18. The predicted molar refractivity (Wildman–Crippen MR) is 93.5 cm³/mol. The first-order valence-electron chi connectivity index (χ1n) is 8.75. The van der Waals surface area contributed by atoms with Crippen molar-refractivity contribution in [3.05, 3.63) is 22.5 Å². The maximum Gasteiger partial charge on any atom is 0.339 e. The number of hydrogen-bond acceptors (Lipinski definition) is 4. The zero-order valence-electron chi connectivity index (χ0n) is 15.4. The van der Waals surface area contributed by atoms with Crippen LogP contribution in [-0.2, 0) is 9.53 Å². The number of ether oxygens (including phenoxy) is 1. The summed E-state index contributed by atoms with van der Waals surface area (Å²) in [5.74, 6) is -0.806. The van der Waals surface area contributed by atoms with Crippen molar-refractivity contribution in [2.45, 2.75) is 40.0 Å². The van der Waals surface area contributed by atoms with E-state index in [1.165, 1.54) is 7.11 Å². The highest BCUT2D eigenvalue weighted by Gasteiger charge is 2.31. The zero-order valence-corrected chi connectivity index (χ0v) is 15.4. The normalized spacial score (nSPS) is 17.3. The van der Waals surface area contributed by atoms with Crippen molar-refractivity contribution in [2.75, 3.05) is 26.7 Å². The fraction of sp³-hybridized carbons (Fsp3) is 0.611. The topological polar surface area (TPSA) is 91.5 Å². The SMILES string of the molecule is CCCNC(=O)[C@H]1CCCN(C(=O)c2[nH]c(C)c(C(=O)OC)c2C)C1. The molecule has 2 N–H and O–H groups in total. The lowest BCUT2D eigenvalue weighted by molar-refractivity contribution is -0.126. The van der Waals surface area contributed by atoms with Gasteiger partial charge in [0.2, 0.25) is 5.91 Å². The standard InChI is InChI=1S/C18H27N3O4/c1-5-8-19-16(22)13-7-6-9-21(10-13)17(23)15-11(2)14(12(3)20-15)18(24)25-4/h13,20H,5-10H2,1-4H3,(H,19,22)/t13-/m0/s1. The lowest BCUT2D eigenvalue weighted by atomic mass is 9.96. The number of amides is 2. The number of esters is 1. The summed E-state index contributed by atoms with van der Waals surface area (Å²) < 4.78 is 4.79. The Labute approximate surface area is 148 Å². The maximum absolute atomic E-state index is 12.9. The molecule has 0 bridgehead atoms. The molecule has 1 fully saturated rings. The molecule has 1 atom stereocenters. The lowest BCUT2D eigenvalue weighted by Gasteiger charge is -2.32. The molecule has 7 nitrogen and oxygen atoms in total. The molecule has 1 aliphatic heterocycles. The molecule has 25 heavy (non-hydrogen) atoms. The molecule has 1 aromatic rings. The minimum atomic E-state index is -0.458. The van der Waals surface area contributed by atoms with Gasteiger partial charge in [-0.25, -0.2) is 4.79 Å². The van der Waals surface area contributed by atoms with Crippen LogP contribution in [0.5, 0.6) is 0 Å². The Morgan fingerprint density at radius 1 is 1.32 bits per heavy atom. The third-order valence-electron chi connectivity index (χ3n) is 4.67. The second-order valence-electron chi connectivity index (χ2n) is 6.50. The first-order valence-corrected chi connectivity index (χ1v) is 8.75. The second-order valence-corrected chi connectivity index (χ2v) is 6.50. The molecule has 0 aliphatic carbocycles. The number of H-pyrrole nitrogens is 1. The number of rotatable bonds is 5. The van der Waals surface area contributed by atoms with Crippen LogP contribution in [0.2, 0.25) is 0 Å². The van der Waals surface area contributed by atoms with Crippen molar-refractivity contribution >= 4 is 17.8 Å². The summed E-state index contributed by atoms with van der Waals surface area (Å²) in [6, 6.07) is 0. The highest BCUT2D eigenvalue weighted by Crippen LogP contribution is 2.23. The number of carbonyl (C=O) groups excluding carboxylic acids is 3. The molecule has 0 unspecified atom stereocenters. The smallest absolute Gasteiger partial charge is 0.339 e. The van der Waals surface area contributed by atoms with E-state index in [-0.39, 0.29) is 17.7 Å². The molecule has 1 aromatic heterocycles. The minimum Gasteiger partial charge on any atom is -0.465 e. The fourth-order valence-corrected chi connectivity index (χ4v) is 3.30. The van der Waals surface area contributed by atoms with Gasteiger partial charge in [-0.15, -0.1) is 0 Å². The maximum atomic E-state index is 12.9. The molecule has 0 spiro atoms. The van der Waals surface area contributed by atoms with Crippen molar-refractivity contribution < 1.29 is 19.1 Å². The molecule has 7 heteroatoms. The quantitative estimate of drug-likeness (QED) is 0.793. The van der Waals surface area contributed by atoms with Crippen molar-refractivity contribution in [1.29, 1.82) is 0 Å². The number of aromatic amines is 1. The summed E-state index contributed by atoms with van der Waals surface area (Å²) in [7, 11) is 1.32. The van der Waals surface area contributed by atoms with E-state index in [2.05, 4.69) is 10.3 Å². The summed E-state index contributed by atoms with van der Waals surface area (Å²) in [6.45, 7) is 7.15. The Balaban J connectivity index is 2.15. The highest BCUT2D eigenvalue weighted by atomic mass is 16.5. The van der Waals surface area contributed by atoms with E-state index in [9.17, 15) is 14.4 Å². The molecule has 0 radical (unpaired) electrons. The van der Waals surface area contributed by atoms with Crippen molar-refractivity contribution in [2.24, 2.45) is 5.92 Å². The first kappa shape index (κ1) is 19.0. The van der Waals surface area contributed by atoms with Gasteiger partial charge in [-0.3, -0.25) is 9.59 Å². The molecule has 0 saturated carbocycles. The number of methoxy groups -OCH3 is 1. The number of aryl methyl sites for hydroxylation is 1. The minimum absolute atomic E-state index is 0.00832. The Bertz CT molecular complexity index is 666. The molecular formula is C18H27N3O4. The van der Waals surface area contributed by atoms with Crippen LogP contribution in [0, 0.1) is 19.8 Å². The van der Waals surface area contributed by atoms with Crippen molar-refractivity contribution in [3.63, 3.8) is 0 Å². The van der Waals surface area contributed by atoms with Crippen LogP contribution in [0.4, 0.5) is 0 Å². The third-order valence-corrected chi connectivity index (χ3v) is 4.67. The van der Waals surface area contributed by atoms with Gasteiger partial charge in [0, 0.05) is 25.3 Å². The van der Waals surface area contributed by atoms with Gasteiger partial charge in [-0.05, 0) is 38.7 Å². The molecule has 1 saturated heterocycles. The summed E-state index contributed by atoms with van der Waals surface area (Å²) in [6.07, 6.45) is 2.46. The number of aromatic nitrogens is 1. The largest absolute Gasteiger partial charge is 0.465 e. The Morgan fingerprint density at radius 2 is 2.04 bits per heavy atom. The molecule has 0 aromatic carbocycles. The van der Waals surface area contributed by atoms with Gasteiger partial charge >= 0.3 is 5.97 Å². The molecule has 2 heterocycles. The van der Waals surface area contributed by atoms with Gasteiger partial charge in [0.05, 0.1) is 18.6 Å². The van der Waals surface area contributed by atoms with E-state index in [0.29, 0.717) is 42.1 Å². The van der Waals surface area contributed by atoms with Crippen LogP contribution in [0.25, 0.3) is 0 Å². The van der Waals surface area contributed by atoms with Gasteiger partial charge in [0.25, 0.3) is 5.91 Å². The number of piperidine rings is 1. The van der Waals surface area contributed by atoms with E-state index in [1.54, 1.807) is 18.7 Å². The Kier molecular flexibility index (Phi) is 6.22. The van der Waals surface area contributed by atoms with Gasteiger partial charge < -0.3 is 19.9 Å².